The van der Waals surface area contributed by atoms with Gasteiger partial charge in [-0.1, -0.05) is 0 Å². The molecule has 14 heavy (non-hydrogen) atoms. The van der Waals surface area contributed by atoms with Gasteiger partial charge in [-0.3, -0.25) is 9.59 Å². The first-order valence-electron chi connectivity index (χ1n) is 3.87. The van der Waals surface area contributed by atoms with E-state index in [4.69, 9.17) is 9.84 Å². The summed E-state index contributed by atoms with van der Waals surface area (Å²) in [5.41, 5.74) is 0.659. The molecule has 5 heteroatoms. The molecule has 0 fully saturated rings. The summed E-state index contributed by atoms with van der Waals surface area (Å²) in [6.45, 7) is 0. The van der Waals surface area contributed by atoms with Crippen LogP contribution in [-0.2, 0) is 11.2 Å². The molecule has 0 bridgehead atoms. The van der Waals surface area contributed by atoms with E-state index in [1.54, 1.807) is 0 Å². The predicted molar refractivity (Wildman–Crippen MR) is 47.5 cm³/mol. The van der Waals surface area contributed by atoms with Crippen molar-refractivity contribution in [1.29, 1.82) is 0 Å². The van der Waals surface area contributed by atoms with E-state index in [0.717, 1.165) is 0 Å². The van der Waals surface area contributed by atoms with E-state index in [9.17, 15) is 9.59 Å². The lowest BCUT2D eigenvalue weighted by molar-refractivity contribution is -0.136. The molecule has 1 aromatic heterocycles. The molecule has 0 aliphatic carbocycles. The lowest BCUT2D eigenvalue weighted by Gasteiger charge is -2.02. The maximum absolute atomic E-state index is 10.4. The summed E-state index contributed by atoms with van der Waals surface area (Å²) in [7, 11) is 1.40. The van der Waals surface area contributed by atoms with Crippen molar-refractivity contribution in [3.8, 4) is 5.88 Å². The molecule has 74 valence electrons. The highest BCUT2D eigenvalue weighted by Crippen LogP contribution is 2.11. The minimum Gasteiger partial charge on any atom is -0.481 e. The summed E-state index contributed by atoms with van der Waals surface area (Å²) in [6.07, 6.45) is 0.396. The standard InChI is InChI=1S/C9H9NO4/c1-14-8-3-6(4-9(12)13)2-7(5-11)10-8/h2-3,5H,4H2,1H3,(H,12,13). The van der Waals surface area contributed by atoms with E-state index in [1.807, 2.05) is 0 Å². The van der Waals surface area contributed by atoms with Crippen LogP contribution in [0.25, 0.3) is 0 Å². The normalized spacial score (nSPS) is 9.50. The Morgan fingerprint density at radius 2 is 2.36 bits per heavy atom. The zero-order valence-corrected chi connectivity index (χ0v) is 7.56. The third-order valence-electron chi connectivity index (χ3n) is 1.57. The van der Waals surface area contributed by atoms with Crippen LogP contribution in [0.5, 0.6) is 5.88 Å². The fourth-order valence-electron chi connectivity index (χ4n) is 1.02. The highest BCUT2D eigenvalue weighted by Gasteiger charge is 2.05. The molecule has 1 rings (SSSR count). The van der Waals surface area contributed by atoms with Gasteiger partial charge in [0.2, 0.25) is 5.88 Å². The number of carbonyl (C=O) groups is 2. The largest absolute Gasteiger partial charge is 0.481 e. The molecule has 1 aromatic rings. The average molecular weight is 195 g/mol. The van der Waals surface area contributed by atoms with Gasteiger partial charge in [0.25, 0.3) is 0 Å². The fourth-order valence-corrected chi connectivity index (χ4v) is 1.02. The van der Waals surface area contributed by atoms with Crippen LogP contribution in [0.2, 0.25) is 0 Å². The highest BCUT2D eigenvalue weighted by atomic mass is 16.5. The first-order valence-corrected chi connectivity index (χ1v) is 3.87. The zero-order valence-electron chi connectivity index (χ0n) is 7.56. The predicted octanol–water partition coefficient (Wildman–Crippen LogP) is 0.530. The molecule has 0 atom stereocenters. The Bertz CT molecular complexity index is 362. The smallest absolute Gasteiger partial charge is 0.307 e. The quantitative estimate of drug-likeness (QED) is 0.709. The molecule has 0 radical (unpaired) electrons. The third-order valence-corrected chi connectivity index (χ3v) is 1.57. The number of ether oxygens (including phenoxy) is 1. The number of carbonyl (C=O) groups excluding carboxylic acids is 1. The summed E-state index contributed by atoms with van der Waals surface area (Å²) in [5.74, 6) is -0.721. The third kappa shape index (κ3) is 2.55. The Balaban J connectivity index is 3.03. The van der Waals surface area contributed by atoms with Crippen molar-refractivity contribution in [1.82, 2.24) is 4.98 Å². The van der Waals surface area contributed by atoms with Gasteiger partial charge in [0, 0.05) is 6.07 Å². The van der Waals surface area contributed by atoms with Crippen LogP contribution in [0.1, 0.15) is 16.1 Å². The van der Waals surface area contributed by atoms with Crippen LogP contribution in [-0.4, -0.2) is 29.5 Å². The Labute approximate surface area is 80.3 Å². The Morgan fingerprint density at radius 3 is 2.86 bits per heavy atom. The Hall–Kier alpha value is -1.91. The van der Waals surface area contributed by atoms with Crippen molar-refractivity contribution in [2.75, 3.05) is 7.11 Å². The SMILES string of the molecule is COc1cc(CC(=O)O)cc(C=O)n1. The van der Waals surface area contributed by atoms with Crippen molar-refractivity contribution in [3.05, 3.63) is 23.4 Å². The van der Waals surface area contributed by atoms with Gasteiger partial charge in [-0.25, -0.2) is 4.98 Å². The van der Waals surface area contributed by atoms with Gasteiger partial charge in [0.05, 0.1) is 13.5 Å². The minimum atomic E-state index is -0.963. The second kappa shape index (κ2) is 4.36. The van der Waals surface area contributed by atoms with Crippen LogP contribution >= 0.6 is 0 Å². The molecule has 0 aromatic carbocycles. The Morgan fingerprint density at radius 1 is 1.64 bits per heavy atom. The number of aliphatic carboxylic acids is 1. The van der Waals surface area contributed by atoms with Crippen molar-refractivity contribution in [3.63, 3.8) is 0 Å². The number of aldehydes is 1. The molecule has 0 saturated carbocycles. The van der Waals surface area contributed by atoms with Crippen molar-refractivity contribution < 1.29 is 19.4 Å². The summed E-state index contributed by atoms with van der Waals surface area (Å²) in [4.78, 5) is 24.7. The van der Waals surface area contributed by atoms with Crippen LogP contribution in [0.15, 0.2) is 12.1 Å². The van der Waals surface area contributed by atoms with Gasteiger partial charge in [0.15, 0.2) is 6.29 Å². The number of hydrogen-bond donors (Lipinski definition) is 1. The first kappa shape index (κ1) is 10.2. The Kier molecular flexibility index (Phi) is 3.17. The summed E-state index contributed by atoms with van der Waals surface area (Å²) in [5, 5.41) is 8.54. The second-order valence-electron chi connectivity index (χ2n) is 2.63. The number of pyridine rings is 1. The van der Waals surface area contributed by atoms with Gasteiger partial charge in [-0.15, -0.1) is 0 Å². The molecule has 0 aliphatic rings. The topological polar surface area (TPSA) is 76.5 Å². The highest BCUT2D eigenvalue weighted by molar-refractivity contribution is 5.74. The average Bonchev–Trinajstić information content (AvgIpc) is 2.16. The molecule has 5 nitrogen and oxygen atoms in total. The number of hydrogen-bond acceptors (Lipinski definition) is 4. The van der Waals surface area contributed by atoms with Crippen molar-refractivity contribution in [2.45, 2.75) is 6.42 Å². The van der Waals surface area contributed by atoms with Crippen molar-refractivity contribution in [2.24, 2.45) is 0 Å². The van der Waals surface area contributed by atoms with E-state index in [1.165, 1.54) is 19.2 Å². The number of nitrogens with zero attached hydrogens (tertiary/aromatic N) is 1. The maximum atomic E-state index is 10.4. The molecule has 0 amide bonds. The summed E-state index contributed by atoms with van der Waals surface area (Å²) in [6, 6.07) is 2.91. The van der Waals surface area contributed by atoms with Crippen LogP contribution in [0.3, 0.4) is 0 Å². The lowest BCUT2D eigenvalue weighted by Crippen LogP contribution is -2.02. The van der Waals surface area contributed by atoms with Gasteiger partial charge in [-0.05, 0) is 11.6 Å². The van der Waals surface area contributed by atoms with Crippen LogP contribution < -0.4 is 4.74 Å². The van der Waals surface area contributed by atoms with Gasteiger partial charge >= 0.3 is 5.97 Å². The monoisotopic (exact) mass is 195 g/mol. The van der Waals surface area contributed by atoms with E-state index in [0.29, 0.717) is 11.8 Å². The molecular weight excluding hydrogens is 186 g/mol. The van der Waals surface area contributed by atoms with Crippen LogP contribution in [0.4, 0.5) is 0 Å². The zero-order chi connectivity index (χ0) is 10.6. The minimum absolute atomic E-state index is 0.153. The number of carboxylic acids is 1. The molecule has 0 saturated heterocycles. The summed E-state index contributed by atoms with van der Waals surface area (Å²) >= 11 is 0. The number of carboxylic acid groups (broad SMARTS) is 1. The molecule has 0 unspecified atom stereocenters. The number of aromatic nitrogens is 1. The van der Waals surface area contributed by atoms with E-state index in [2.05, 4.69) is 4.98 Å². The van der Waals surface area contributed by atoms with E-state index < -0.39 is 5.97 Å². The number of methoxy groups -OCH3 is 1. The molecule has 1 N–H and O–H groups in total. The first-order chi connectivity index (χ1) is 6.65. The second-order valence-corrected chi connectivity index (χ2v) is 2.63. The van der Waals surface area contributed by atoms with Gasteiger partial charge < -0.3 is 9.84 Å². The molecule has 0 spiro atoms. The summed E-state index contributed by atoms with van der Waals surface area (Å²) < 4.78 is 4.82. The molecular formula is C9H9NO4. The maximum Gasteiger partial charge on any atom is 0.307 e. The van der Waals surface area contributed by atoms with E-state index >= 15 is 0 Å². The van der Waals surface area contributed by atoms with Gasteiger partial charge in [0.1, 0.15) is 5.69 Å². The van der Waals surface area contributed by atoms with Gasteiger partial charge in [-0.2, -0.15) is 0 Å². The molecule has 1 heterocycles. The van der Waals surface area contributed by atoms with Crippen molar-refractivity contribution >= 4 is 12.3 Å². The number of rotatable bonds is 4. The van der Waals surface area contributed by atoms with E-state index in [-0.39, 0.29) is 18.0 Å². The fraction of sp³-hybridized carbons (Fsp3) is 0.222. The van der Waals surface area contributed by atoms with Crippen LogP contribution in [0, 0.1) is 0 Å². The molecule has 0 aliphatic heterocycles. The lowest BCUT2D eigenvalue weighted by atomic mass is 10.1.